The molecule has 2 aromatic rings. The number of ether oxygens (including phenoxy) is 1. The van der Waals surface area contributed by atoms with Crippen molar-refractivity contribution in [2.45, 2.75) is 18.8 Å². The summed E-state index contributed by atoms with van der Waals surface area (Å²) >= 11 is 0. The summed E-state index contributed by atoms with van der Waals surface area (Å²) in [5, 5.41) is 5.59. The van der Waals surface area contributed by atoms with Crippen LogP contribution in [0, 0.1) is 0 Å². The van der Waals surface area contributed by atoms with Gasteiger partial charge in [0.05, 0.1) is 13.0 Å². The summed E-state index contributed by atoms with van der Waals surface area (Å²) < 4.78 is 5.42. The molecule has 1 atom stereocenters. The molecule has 0 bridgehead atoms. The molecule has 0 unspecified atom stereocenters. The Hall–Kier alpha value is -2.73. The molecule has 4 rings (SSSR count). The van der Waals surface area contributed by atoms with E-state index in [9.17, 15) is 9.59 Å². The van der Waals surface area contributed by atoms with Crippen molar-refractivity contribution in [2.75, 3.05) is 23.8 Å². The number of carbonyl (C=O) groups excluding carboxylic acids is 2. The standard InChI is InChI=1S/C18H17N3O3/c22-17-9-14-13(2-1-3-15(14)20-17)18(23)21-16-8-11(4-6-19-16)12-5-7-24-10-12/h1-4,6,8,12H,5,7,9-10H2,(H,20,22)(H,19,21,23)/t12-/m0/s1. The Balaban J connectivity index is 1.56. The van der Waals surface area contributed by atoms with Crippen LogP contribution in [0.2, 0.25) is 0 Å². The second-order valence-corrected chi connectivity index (χ2v) is 6.05. The average molecular weight is 323 g/mol. The van der Waals surface area contributed by atoms with Crippen molar-refractivity contribution in [1.82, 2.24) is 4.98 Å². The Bertz CT molecular complexity index is 813. The van der Waals surface area contributed by atoms with Gasteiger partial charge >= 0.3 is 0 Å². The molecule has 1 aromatic carbocycles. The summed E-state index contributed by atoms with van der Waals surface area (Å²) in [6, 6.07) is 9.14. The maximum atomic E-state index is 12.6. The molecule has 6 heteroatoms. The third-order valence-corrected chi connectivity index (χ3v) is 4.46. The quantitative estimate of drug-likeness (QED) is 0.908. The predicted molar refractivity (Wildman–Crippen MR) is 89.1 cm³/mol. The minimum Gasteiger partial charge on any atom is -0.381 e. The number of nitrogens with one attached hydrogen (secondary N) is 2. The van der Waals surface area contributed by atoms with Crippen LogP contribution >= 0.6 is 0 Å². The van der Waals surface area contributed by atoms with Crippen molar-refractivity contribution in [3.05, 3.63) is 53.2 Å². The van der Waals surface area contributed by atoms with E-state index in [-0.39, 0.29) is 18.2 Å². The SMILES string of the molecule is O=C1Cc2c(cccc2C(=O)Nc2cc([C@H]3CCOC3)ccn2)N1. The summed E-state index contributed by atoms with van der Waals surface area (Å²) in [7, 11) is 0. The van der Waals surface area contributed by atoms with Crippen molar-refractivity contribution in [1.29, 1.82) is 0 Å². The zero-order valence-corrected chi connectivity index (χ0v) is 13.0. The monoisotopic (exact) mass is 323 g/mol. The molecule has 1 fully saturated rings. The number of hydrogen-bond acceptors (Lipinski definition) is 4. The Labute approximate surface area is 139 Å². The summed E-state index contributed by atoms with van der Waals surface area (Å²) in [6.07, 6.45) is 2.91. The fourth-order valence-corrected chi connectivity index (χ4v) is 3.21. The van der Waals surface area contributed by atoms with Gasteiger partial charge in [0, 0.05) is 30.0 Å². The molecule has 2 N–H and O–H groups in total. The first-order valence-electron chi connectivity index (χ1n) is 7.97. The van der Waals surface area contributed by atoms with Crippen molar-refractivity contribution in [2.24, 2.45) is 0 Å². The molecular weight excluding hydrogens is 306 g/mol. The van der Waals surface area contributed by atoms with Crippen molar-refractivity contribution >= 4 is 23.3 Å². The van der Waals surface area contributed by atoms with E-state index in [1.807, 2.05) is 12.1 Å². The van der Waals surface area contributed by atoms with E-state index in [4.69, 9.17) is 4.74 Å². The van der Waals surface area contributed by atoms with Gasteiger partial charge in [-0.25, -0.2) is 4.98 Å². The number of amides is 2. The first-order valence-corrected chi connectivity index (χ1v) is 7.97. The van der Waals surface area contributed by atoms with Crippen LogP contribution < -0.4 is 10.6 Å². The highest BCUT2D eigenvalue weighted by molar-refractivity contribution is 6.10. The number of anilines is 2. The molecule has 0 spiro atoms. The Kier molecular flexibility index (Phi) is 3.74. The minimum atomic E-state index is -0.254. The van der Waals surface area contributed by atoms with E-state index >= 15 is 0 Å². The number of pyridine rings is 1. The van der Waals surface area contributed by atoms with Gasteiger partial charge in [-0.15, -0.1) is 0 Å². The van der Waals surface area contributed by atoms with Gasteiger partial charge in [-0.2, -0.15) is 0 Å². The topological polar surface area (TPSA) is 80.3 Å². The lowest BCUT2D eigenvalue weighted by atomic mass is 9.99. The van der Waals surface area contributed by atoms with Crippen LogP contribution in [0.1, 0.15) is 33.8 Å². The van der Waals surface area contributed by atoms with E-state index in [2.05, 4.69) is 15.6 Å². The number of benzene rings is 1. The van der Waals surface area contributed by atoms with Gasteiger partial charge < -0.3 is 15.4 Å². The molecule has 0 radical (unpaired) electrons. The van der Waals surface area contributed by atoms with E-state index in [1.54, 1.807) is 24.4 Å². The molecule has 0 saturated carbocycles. The van der Waals surface area contributed by atoms with Crippen LogP contribution in [0.25, 0.3) is 0 Å². The van der Waals surface area contributed by atoms with Crippen molar-refractivity contribution < 1.29 is 14.3 Å². The van der Waals surface area contributed by atoms with Crippen molar-refractivity contribution in [3.8, 4) is 0 Å². The van der Waals surface area contributed by atoms with Gasteiger partial charge in [0.2, 0.25) is 5.91 Å². The third-order valence-electron chi connectivity index (χ3n) is 4.46. The summed E-state index contributed by atoms with van der Waals surface area (Å²) in [4.78, 5) is 28.4. The Morgan fingerprint density at radius 2 is 2.25 bits per heavy atom. The van der Waals surface area contributed by atoms with Crippen LogP contribution in [0.4, 0.5) is 11.5 Å². The summed E-state index contributed by atoms with van der Waals surface area (Å²) in [6.45, 7) is 1.48. The average Bonchev–Trinajstić information content (AvgIpc) is 3.23. The molecule has 122 valence electrons. The van der Waals surface area contributed by atoms with Crippen LogP contribution in [0.15, 0.2) is 36.5 Å². The second-order valence-electron chi connectivity index (χ2n) is 6.05. The maximum Gasteiger partial charge on any atom is 0.257 e. The van der Waals surface area contributed by atoms with Crippen LogP contribution in [-0.4, -0.2) is 30.0 Å². The third kappa shape index (κ3) is 2.76. The van der Waals surface area contributed by atoms with E-state index < -0.39 is 0 Å². The van der Waals surface area contributed by atoms with Crippen LogP contribution in [0.5, 0.6) is 0 Å². The van der Waals surface area contributed by atoms with Gasteiger partial charge in [-0.1, -0.05) is 6.07 Å². The van der Waals surface area contributed by atoms with Gasteiger partial charge in [0.15, 0.2) is 0 Å². The predicted octanol–water partition coefficient (Wildman–Crippen LogP) is 2.33. The maximum absolute atomic E-state index is 12.6. The molecule has 1 saturated heterocycles. The number of nitrogens with zero attached hydrogens (tertiary/aromatic N) is 1. The largest absolute Gasteiger partial charge is 0.381 e. The highest BCUT2D eigenvalue weighted by Gasteiger charge is 2.24. The van der Waals surface area contributed by atoms with Crippen LogP contribution in [0.3, 0.4) is 0 Å². The number of rotatable bonds is 3. The van der Waals surface area contributed by atoms with Crippen LogP contribution in [-0.2, 0) is 16.0 Å². The normalized spacial score (nSPS) is 19.0. The summed E-state index contributed by atoms with van der Waals surface area (Å²) in [5.74, 6) is 0.521. The van der Waals surface area contributed by atoms with Gasteiger partial charge in [0.1, 0.15) is 5.82 Å². The van der Waals surface area contributed by atoms with E-state index in [0.717, 1.165) is 24.2 Å². The highest BCUT2D eigenvalue weighted by Crippen LogP contribution is 2.28. The highest BCUT2D eigenvalue weighted by atomic mass is 16.5. The minimum absolute atomic E-state index is 0.0911. The fraction of sp³-hybridized carbons (Fsp3) is 0.278. The van der Waals surface area contributed by atoms with Gasteiger partial charge in [-0.3, -0.25) is 9.59 Å². The molecule has 1 aromatic heterocycles. The molecule has 6 nitrogen and oxygen atoms in total. The lowest BCUT2D eigenvalue weighted by Gasteiger charge is -2.11. The molecule has 0 aliphatic carbocycles. The lowest BCUT2D eigenvalue weighted by molar-refractivity contribution is -0.115. The smallest absolute Gasteiger partial charge is 0.257 e. The van der Waals surface area contributed by atoms with Crippen molar-refractivity contribution in [3.63, 3.8) is 0 Å². The molecule has 2 aliphatic rings. The number of fused-ring (bicyclic) bond motifs is 1. The lowest BCUT2D eigenvalue weighted by Crippen LogP contribution is -2.15. The number of hydrogen-bond donors (Lipinski definition) is 2. The fourth-order valence-electron chi connectivity index (χ4n) is 3.21. The molecular formula is C18H17N3O3. The molecule has 3 heterocycles. The Morgan fingerprint density at radius 1 is 1.33 bits per heavy atom. The zero-order chi connectivity index (χ0) is 16.5. The van der Waals surface area contributed by atoms with E-state index in [1.165, 1.54) is 0 Å². The Morgan fingerprint density at radius 3 is 3.08 bits per heavy atom. The first kappa shape index (κ1) is 14.8. The molecule has 2 amide bonds. The van der Waals surface area contributed by atoms with Gasteiger partial charge in [-0.05, 0) is 41.8 Å². The second kappa shape index (κ2) is 6.05. The molecule has 2 aliphatic heterocycles. The first-order chi connectivity index (χ1) is 11.7. The molecule has 24 heavy (non-hydrogen) atoms. The number of carbonyl (C=O) groups is 2. The summed E-state index contributed by atoms with van der Waals surface area (Å²) in [5.41, 5.74) is 3.06. The number of aromatic nitrogens is 1. The van der Waals surface area contributed by atoms with Gasteiger partial charge in [0.25, 0.3) is 5.91 Å². The zero-order valence-electron chi connectivity index (χ0n) is 13.0. The van der Waals surface area contributed by atoms with E-state index in [0.29, 0.717) is 29.6 Å².